The first-order valence-corrected chi connectivity index (χ1v) is 9.54. The van der Waals surface area contributed by atoms with Crippen LogP contribution in [0.1, 0.15) is 12.8 Å². The van der Waals surface area contributed by atoms with Crippen molar-refractivity contribution in [2.75, 3.05) is 24.9 Å². The fourth-order valence-electron chi connectivity index (χ4n) is 2.71. The van der Waals surface area contributed by atoms with Gasteiger partial charge in [0, 0.05) is 18.8 Å². The standard InChI is InChI=1S/C18H22N2O3S/c1-20-13-11-17(12-14-20)23-16-9-7-15(8-10-16)19-24(21,22)18-5-3-2-4-6-18/h2-10,17,19H,11-14H2,1H3. The summed E-state index contributed by atoms with van der Waals surface area (Å²) in [6.45, 7) is 2.08. The Morgan fingerprint density at radius 2 is 1.62 bits per heavy atom. The molecule has 128 valence electrons. The van der Waals surface area contributed by atoms with E-state index in [1.807, 2.05) is 0 Å². The van der Waals surface area contributed by atoms with Gasteiger partial charge in [0.25, 0.3) is 10.0 Å². The minimum Gasteiger partial charge on any atom is -0.490 e. The quantitative estimate of drug-likeness (QED) is 0.904. The number of piperidine rings is 1. The number of nitrogens with zero attached hydrogens (tertiary/aromatic N) is 1. The van der Waals surface area contributed by atoms with Crippen molar-refractivity contribution < 1.29 is 13.2 Å². The van der Waals surface area contributed by atoms with E-state index in [1.165, 1.54) is 0 Å². The highest BCUT2D eigenvalue weighted by Crippen LogP contribution is 2.22. The van der Waals surface area contributed by atoms with Crippen LogP contribution in [0.25, 0.3) is 0 Å². The van der Waals surface area contributed by atoms with Gasteiger partial charge in [-0.15, -0.1) is 0 Å². The highest BCUT2D eigenvalue weighted by Gasteiger charge is 2.18. The zero-order chi connectivity index (χ0) is 17.0. The van der Waals surface area contributed by atoms with Crippen LogP contribution in [0.5, 0.6) is 5.75 Å². The molecule has 0 unspecified atom stereocenters. The second kappa shape index (κ2) is 7.23. The van der Waals surface area contributed by atoms with Gasteiger partial charge in [0.1, 0.15) is 11.9 Å². The molecule has 0 spiro atoms. The Morgan fingerprint density at radius 3 is 2.25 bits per heavy atom. The topological polar surface area (TPSA) is 58.6 Å². The van der Waals surface area contributed by atoms with Crippen molar-refractivity contribution in [3.8, 4) is 5.75 Å². The van der Waals surface area contributed by atoms with Gasteiger partial charge in [-0.3, -0.25) is 4.72 Å². The number of likely N-dealkylation sites (tertiary alicyclic amines) is 1. The largest absolute Gasteiger partial charge is 0.490 e. The van der Waals surface area contributed by atoms with E-state index in [-0.39, 0.29) is 11.0 Å². The molecule has 0 amide bonds. The van der Waals surface area contributed by atoms with Crippen molar-refractivity contribution in [1.82, 2.24) is 4.90 Å². The molecule has 1 fully saturated rings. The van der Waals surface area contributed by atoms with Gasteiger partial charge in [-0.25, -0.2) is 8.42 Å². The molecule has 1 aliphatic heterocycles. The first-order valence-electron chi connectivity index (χ1n) is 8.06. The van der Waals surface area contributed by atoms with Crippen LogP contribution in [-0.2, 0) is 10.0 Å². The van der Waals surface area contributed by atoms with Gasteiger partial charge in [-0.05, 0) is 56.3 Å². The number of ether oxygens (including phenoxy) is 1. The first-order chi connectivity index (χ1) is 11.5. The van der Waals surface area contributed by atoms with Gasteiger partial charge in [0.15, 0.2) is 0 Å². The Hall–Kier alpha value is -2.05. The van der Waals surface area contributed by atoms with Crippen molar-refractivity contribution in [3.63, 3.8) is 0 Å². The molecular weight excluding hydrogens is 324 g/mol. The molecular formula is C18H22N2O3S. The van der Waals surface area contributed by atoms with Crippen LogP contribution in [0.15, 0.2) is 59.5 Å². The number of sulfonamides is 1. The maximum Gasteiger partial charge on any atom is 0.261 e. The molecule has 1 heterocycles. The summed E-state index contributed by atoms with van der Waals surface area (Å²) in [5.41, 5.74) is 0.523. The van der Waals surface area contributed by atoms with E-state index in [0.29, 0.717) is 5.69 Å². The molecule has 1 N–H and O–H groups in total. The maximum absolute atomic E-state index is 12.3. The van der Waals surface area contributed by atoms with Crippen LogP contribution < -0.4 is 9.46 Å². The lowest BCUT2D eigenvalue weighted by Gasteiger charge is -2.29. The van der Waals surface area contributed by atoms with Crippen molar-refractivity contribution in [2.45, 2.75) is 23.8 Å². The number of anilines is 1. The van der Waals surface area contributed by atoms with Crippen LogP contribution in [0.2, 0.25) is 0 Å². The Kier molecular flexibility index (Phi) is 5.06. The van der Waals surface area contributed by atoms with Crippen LogP contribution in [0.4, 0.5) is 5.69 Å². The molecule has 3 rings (SSSR count). The van der Waals surface area contributed by atoms with Gasteiger partial charge in [-0.1, -0.05) is 18.2 Å². The molecule has 2 aromatic carbocycles. The van der Waals surface area contributed by atoms with E-state index >= 15 is 0 Å². The van der Waals surface area contributed by atoms with Crippen LogP contribution >= 0.6 is 0 Å². The van der Waals surface area contributed by atoms with E-state index in [9.17, 15) is 8.42 Å². The molecule has 0 atom stereocenters. The Balaban J connectivity index is 1.62. The Labute approximate surface area is 143 Å². The van der Waals surface area contributed by atoms with E-state index in [0.717, 1.165) is 31.7 Å². The first kappa shape index (κ1) is 16.8. The number of nitrogens with one attached hydrogen (secondary N) is 1. The molecule has 24 heavy (non-hydrogen) atoms. The summed E-state index contributed by atoms with van der Waals surface area (Å²) in [5.74, 6) is 0.771. The lowest BCUT2D eigenvalue weighted by molar-refractivity contribution is 0.114. The molecule has 6 heteroatoms. The van der Waals surface area contributed by atoms with Gasteiger partial charge in [-0.2, -0.15) is 0 Å². The second-order valence-electron chi connectivity index (χ2n) is 6.06. The fourth-order valence-corrected chi connectivity index (χ4v) is 3.79. The molecule has 1 aliphatic rings. The number of hydrogen-bond donors (Lipinski definition) is 1. The number of hydrogen-bond acceptors (Lipinski definition) is 4. The monoisotopic (exact) mass is 346 g/mol. The fraction of sp³-hybridized carbons (Fsp3) is 0.333. The summed E-state index contributed by atoms with van der Waals surface area (Å²) >= 11 is 0. The molecule has 2 aromatic rings. The predicted molar refractivity (Wildman–Crippen MR) is 94.8 cm³/mol. The number of benzene rings is 2. The Morgan fingerprint density at radius 1 is 1.00 bits per heavy atom. The molecule has 0 bridgehead atoms. The van der Waals surface area contributed by atoms with Crippen molar-refractivity contribution in [2.24, 2.45) is 0 Å². The van der Waals surface area contributed by atoms with Crippen molar-refractivity contribution in [1.29, 1.82) is 0 Å². The van der Waals surface area contributed by atoms with E-state index < -0.39 is 10.0 Å². The van der Waals surface area contributed by atoms with Crippen molar-refractivity contribution >= 4 is 15.7 Å². The summed E-state index contributed by atoms with van der Waals surface area (Å²) in [4.78, 5) is 2.54. The highest BCUT2D eigenvalue weighted by molar-refractivity contribution is 7.92. The zero-order valence-corrected chi connectivity index (χ0v) is 14.5. The zero-order valence-electron chi connectivity index (χ0n) is 13.7. The van der Waals surface area contributed by atoms with Gasteiger partial charge >= 0.3 is 0 Å². The van der Waals surface area contributed by atoms with Crippen LogP contribution in [-0.4, -0.2) is 39.6 Å². The maximum atomic E-state index is 12.3. The predicted octanol–water partition coefficient (Wildman–Crippen LogP) is 2.96. The van der Waals surface area contributed by atoms with Crippen LogP contribution in [0.3, 0.4) is 0 Å². The molecule has 0 radical (unpaired) electrons. The smallest absolute Gasteiger partial charge is 0.261 e. The van der Waals surface area contributed by atoms with Gasteiger partial charge in [0.2, 0.25) is 0 Å². The number of rotatable bonds is 5. The summed E-state index contributed by atoms with van der Waals surface area (Å²) in [6, 6.07) is 15.4. The third-order valence-electron chi connectivity index (χ3n) is 4.13. The molecule has 0 aromatic heterocycles. The minimum atomic E-state index is -3.56. The van der Waals surface area contributed by atoms with Crippen molar-refractivity contribution in [3.05, 3.63) is 54.6 Å². The molecule has 1 saturated heterocycles. The highest BCUT2D eigenvalue weighted by atomic mass is 32.2. The summed E-state index contributed by atoms with van der Waals surface area (Å²) in [5, 5.41) is 0. The lowest BCUT2D eigenvalue weighted by atomic mass is 10.1. The summed E-state index contributed by atoms with van der Waals surface area (Å²) < 4.78 is 33.1. The van der Waals surface area contributed by atoms with E-state index in [4.69, 9.17) is 4.74 Å². The molecule has 0 saturated carbocycles. The molecule has 5 nitrogen and oxygen atoms in total. The summed E-state index contributed by atoms with van der Waals surface area (Å²) in [7, 11) is -1.44. The van der Waals surface area contributed by atoms with E-state index in [1.54, 1.807) is 54.6 Å². The molecule has 0 aliphatic carbocycles. The second-order valence-corrected chi connectivity index (χ2v) is 7.75. The van der Waals surface area contributed by atoms with Gasteiger partial charge < -0.3 is 9.64 Å². The normalized spacial score (nSPS) is 16.7. The SMILES string of the molecule is CN1CCC(Oc2ccc(NS(=O)(=O)c3ccccc3)cc2)CC1. The average molecular weight is 346 g/mol. The third-order valence-corrected chi connectivity index (χ3v) is 5.53. The minimum absolute atomic E-state index is 0.230. The Bertz CT molecular complexity index is 753. The lowest BCUT2D eigenvalue weighted by Crippen LogP contribution is -2.35. The van der Waals surface area contributed by atoms with Crippen LogP contribution in [0, 0.1) is 0 Å². The average Bonchev–Trinajstić information content (AvgIpc) is 2.59. The summed E-state index contributed by atoms with van der Waals surface area (Å²) in [6.07, 6.45) is 2.26. The third kappa shape index (κ3) is 4.27. The van der Waals surface area contributed by atoms with Gasteiger partial charge in [0.05, 0.1) is 4.90 Å². The van der Waals surface area contributed by atoms with E-state index in [2.05, 4.69) is 16.7 Å².